The van der Waals surface area contributed by atoms with Crippen LogP contribution in [0.1, 0.15) is 52.6 Å². The van der Waals surface area contributed by atoms with Crippen LogP contribution in [-0.2, 0) is 0 Å². The number of imidazole rings is 1. The lowest BCUT2D eigenvalue weighted by molar-refractivity contribution is 0.0815. The highest BCUT2D eigenvalue weighted by molar-refractivity contribution is 6.04. The number of primary amides is 1. The van der Waals surface area contributed by atoms with E-state index >= 15 is 0 Å². The van der Waals surface area contributed by atoms with E-state index < -0.39 is 5.91 Å². The van der Waals surface area contributed by atoms with Crippen LogP contribution < -0.4 is 11.1 Å². The van der Waals surface area contributed by atoms with Crippen LogP contribution in [0.5, 0.6) is 0 Å². The van der Waals surface area contributed by atoms with E-state index in [2.05, 4.69) is 24.8 Å². The Labute approximate surface area is 218 Å². The van der Waals surface area contributed by atoms with Crippen molar-refractivity contribution < 1.29 is 9.59 Å². The maximum absolute atomic E-state index is 12.9. The monoisotopic (exact) mass is 508 g/mol. The molecule has 0 saturated heterocycles. The number of nitrogens with zero attached hydrogens (tertiary/aromatic N) is 5. The molecule has 2 aromatic carbocycles. The summed E-state index contributed by atoms with van der Waals surface area (Å²) in [5, 5.41) is 4.13. The first-order valence-electron chi connectivity index (χ1n) is 12.6. The first-order valence-corrected chi connectivity index (χ1v) is 12.6. The number of para-hydroxylation sites is 1. The molecule has 0 aliphatic heterocycles. The van der Waals surface area contributed by atoms with Crippen LogP contribution in [-0.4, -0.2) is 55.3 Å². The third-order valence-corrected chi connectivity index (χ3v) is 7.08. The highest BCUT2D eigenvalue weighted by Gasteiger charge is 2.26. The zero-order valence-corrected chi connectivity index (χ0v) is 21.2. The Bertz CT molecular complexity index is 1680. The molecular formula is C28H28N8O2. The highest BCUT2D eigenvalue weighted by Crippen LogP contribution is 2.35. The van der Waals surface area contributed by atoms with Gasteiger partial charge in [0.25, 0.3) is 11.8 Å². The largest absolute Gasteiger partial charge is 0.366 e. The van der Waals surface area contributed by atoms with Crippen molar-refractivity contribution in [2.24, 2.45) is 5.73 Å². The number of nitrogens with two attached hydrogens (primary N) is 1. The summed E-state index contributed by atoms with van der Waals surface area (Å²) in [6.45, 7) is 0. The van der Waals surface area contributed by atoms with Crippen LogP contribution in [0.15, 0.2) is 54.7 Å². The van der Waals surface area contributed by atoms with Crippen molar-refractivity contribution in [2.75, 3.05) is 19.4 Å². The van der Waals surface area contributed by atoms with Gasteiger partial charge in [0.1, 0.15) is 22.7 Å². The molecule has 6 rings (SSSR count). The van der Waals surface area contributed by atoms with Crippen molar-refractivity contribution in [1.82, 2.24) is 29.4 Å². The lowest BCUT2D eigenvalue weighted by Crippen LogP contribution is -2.25. The molecule has 38 heavy (non-hydrogen) atoms. The standard InChI is InChI=1S/C28H28N8O2/c1-35(2)27(38)22-14-17-15-30-28(34-26(17)36(22)19-6-3-4-7-19)31-18-12-10-16(11-13-18)25-32-21-9-5-8-20(24(29)37)23(21)33-25/h5,8-15,19H,3-4,6-7H2,1-2H3,(H2,29,37)(H,32,33)(H,30,31,34). The number of amides is 2. The third kappa shape index (κ3) is 4.13. The molecule has 0 atom stereocenters. The molecule has 5 aromatic rings. The van der Waals surface area contributed by atoms with Crippen LogP contribution >= 0.6 is 0 Å². The second-order valence-electron chi connectivity index (χ2n) is 9.86. The zero-order valence-electron chi connectivity index (χ0n) is 21.2. The van der Waals surface area contributed by atoms with Crippen molar-refractivity contribution in [3.05, 3.63) is 66.0 Å². The fourth-order valence-electron chi connectivity index (χ4n) is 5.20. The van der Waals surface area contributed by atoms with Crippen LogP contribution in [0.4, 0.5) is 11.6 Å². The smallest absolute Gasteiger partial charge is 0.270 e. The average molecular weight is 509 g/mol. The van der Waals surface area contributed by atoms with Crippen molar-refractivity contribution >= 4 is 45.5 Å². The molecule has 2 amide bonds. The van der Waals surface area contributed by atoms with Gasteiger partial charge in [0, 0.05) is 43.0 Å². The summed E-state index contributed by atoms with van der Waals surface area (Å²) in [7, 11) is 3.53. The van der Waals surface area contributed by atoms with E-state index in [0.717, 1.165) is 53.5 Å². The summed E-state index contributed by atoms with van der Waals surface area (Å²) in [6, 6.07) is 15.1. The fraction of sp³-hybridized carbons (Fsp3) is 0.250. The number of anilines is 2. The Kier molecular flexibility index (Phi) is 5.79. The minimum Gasteiger partial charge on any atom is -0.366 e. The van der Waals surface area contributed by atoms with Gasteiger partial charge in [-0.2, -0.15) is 4.98 Å². The van der Waals surface area contributed by atoms with Gasteiger partial charge in [0.2, 0.25) is 5.95 Å². The van der Waals surface area contributed by atoms with E-state index in [9.17, 15) is 9.59 Å². The summed E-state index contributed by atoms with van der Waals surface area (Å²) in [5.41, 5.74) is 10.3. The molecule has 4 N–H and O–H groups in total. The molecule has 1 aliphatic rings. The predicted molar refractivity (Wildman–Crippen MR) is 146 cm³/mol. The first-order chi connectivity index (χ1) is 18.4. The SMILES string of the molecule is CN(C)C(=O)c1cc2cnc(Nc3ccc(-c4nc5c(C(N)=O)cccc5[nH]4)cc3)nc2n1C1CCCC1. The number of aromatic nitrogens is 5. The molecule has 0 unspecified atom stereocenters. The number of fused-ring (bicyclic) bond motifs is 2. The molecule has 10 heteroatoms. The van der Waals surface area contributed by atoms with E-state index in [1.54, 1.807) is 37.3 Å². The summed E-state index contributed by atoms with van der Waals surface area (Å²) in [4.78, 5) is 43.5. The number of carbonyl (C=O) groups excluding carboxylic acids is 2. The molecule has 0 radical (unpaired) electrons. The van der Waals surface area contributed by atoms with E-state index in [1.165, 1.54) is 0 Å². The minimum atomic E-state index is -0.512. The molecular weight excluding hydrogens is 480 g/mol. The molecule has 1 saturated carbocycles. The maximum atomic E-state index is 12.9. The number of hydrogen-bond acceptors (Lipinski definition) is 6. The Morgan fingerprint density at radius 3 is 2.55 bits per heavy atom. The second kappa shape index (κ2) is 9.29. The van der Waals surface area contributed by atoms with Crippen molar-refractivity contribution in [3.8, 4) is 11.4 Å². The second-order valence-corrected chi connectivity index (χ2v) is 9.86. The van der Waals surface area contributed by atoms with Crippen LogP contribution in [0.25, 0.3) is 33.5 Å². The number of carbonyl (C=O) groups is 2. The molecule has 3 aromatic heterocycles. The van der Waals surface area contributed by atoms with Gasteiger partial charge in [-0.1, -0.05) is 18.9 Å². The Morgan fingerprint density at radius 2 is 1.84 bits per heavy atom. The topological polar surface area (TPSA) is 135 Å². The van der Waals surface area contributed by atoms with Gasteiger partial charge in [-0.15, -0.1) is 0 Å². The number of H-pyrrole nitrogens is 1. The number of hydrogen-bond donors (Lipinski definition) is 3. The molecule has 1 aliphatic carbocycles. The quantitative estimate of drug-likeness (QED) is 0.306. The summed E-state index contributed by atoms with van der Waals surface area (Å²) >= 11 is 0. The number of nitrogens with one attached hydrogen (secondary N) is 2. The Balaban J connectivity index is 1.30. The van der Waals surface area contributed by atoms with Crippen molar-refractivity contribution in [2.45, 2.75) is 31.7 Å². The van der Waals surface area contributed by atoms with Gasteiger partial charge in [-0.05, 0) is 55.3 Å². The summed E-state index contributed by atoms with van der Waals surface area (Å²) in [5.74, 6) is 0.558. The molecule has 192 valence electrons. The van der Waals surface area contributed by atoms with Gasteiger partial charge in [0.05, 0.1) is 11.1 Å². The normalized spacial score (nSPS) is 13.8. The van der Waals surface area contributed by atoms with Gasteiger partial charge < -0.3 is 25.5 Å². The molecule has 0 bridgehead atoms. The van der Waals surface area contributed by atoms with Gasteiger partial charge in [-0.3, -0.25) is 9.59 Å². The van der Waals surface area contributed by atoms with Crippen LogP contribution in [0.3, 0.4) is 0 Å². The Hall–Kier alpha value is -4.73. The summed E-state index contributed by atoms with van der Waals surface area (Å²) in [6.07, 6.45) is 6.14. The number of benzene rings is 2. The van der Waals surface area contributed by atoms with Gasteiger partial charge in [-0.25, -0.2) is 9.97 Å². The summed E-state index contributed by atoms with van der Waals surface area (Å²) < 4.78 is 2.10. The van der Waals surface area contributed by atoms with E-state index in [4.69, 9.17) is 10.7 Å². The molecule has 3 heterocycles. The first kappa shape index (κ1) is 23.7. The van der Waals surface area contributed by atoms with Crippen molar-refractivity contribution in [1.29, 1.82) is 0 Å². The average Bonchev–Trinajstić information content (AvgIpc) is 3.66. The molecule has 1 fully saturated rings. The van der Waals surface area contributed by atoms with E-state index in [1.807, 2.05) is 36.4 Å². The van der Waals surface area contributed by atoms with E-state index in [0.29, 0.717) is 28.5 Å². The number of aromatic amines is 1. The molecule has 0 spiro atoms. The number of rotatable bonds is 6. The van der Waals surface area contributed by atoms with Crippen molar-refractivity contribution in [3.63, 3.8) is 0 Å². The molecule has 10 nitrogen and oxygen atoms in total. The highest BCUT2D eigenvalue weighted by atomic mass is 16.2. The van der Waals surface area contributed by atoms with Crippen LogP contribution in [0.2, 0.25) is 0 Å². The third-order valence-electron chi connectivity index (χ3n) is 7.08. The maximum Gasteiger partial charge on any atom is 0.270 e. The van der Waals surface area contributed by atoms with Crippen LogP contribution in [0, 0.1) is 0 Å². The predicted octanol–water partition coefficient (Wildman–Crippen LogP) is 4.63. The lowest BCUT2D eigenvalue weighted by atomic mass is 10.2. The fourth-order valence-corrected chi connectivity index (χ4v) is 5.20. The van der Waals surface area contributed by atoms with Gasteiger partial charge >= 0.3 is 0 Å². The lowest BCUT2D eigenvalue weighted by Gasteiger charge is -2.19. The van der Waals surface area contributed by atoms with Gasteiger partial charge in [0.15, 0.2) is 0 Å². The Morgan fingerprint density at radius 1 is 1.08 bits per heavy atom. The van der Waals surface area contributed by atoms with E-state index in [-0.39, 0.29) is 11.9 Å². The zero-order chi connectivity index (χ0) is 26.4. The minimum absolute atomic E-state index is 0.0338.